The summed E-state index contributed by atoms with van der Waals surface area (Å²) in [4.78, 5) is 18.2. The fraction of sp³-hybridized carbons (Fsp3) is 0.300. The van der Waals surface area contributed by atoms with Gasteiger partial charge in [0.2, 0.25) is 0 Å². The summed E-state index contributed by atoms with van der Waals surface area (Å²) >= 11 is 0. The van der Waals surface area contributed by atoms with Crippen LogP contribution in [0.3, 0.4) is 0 Å². The molecule has 8 nitrogen and oxygen atoms in total. The average Bonchev–Trinajstić information content (AvgIpc) is 2.84. The molecule has 0 bridgehead atoms. The molecular weight excluding hydrogens is 297 g/mol. The summed E-state index contributed by atoms with van der Waals surface area (Å²) in [6.45, 7) is 0. The largest absolute Gasteiger partial charge is 0.493 e. The van der Waals surface area contributed by atoms with Crippen LogP contribution >= 0.6 is 0 Å². The molecule has 0 spiro atoms. The van der Waals surface area contributed by atoms with Crippen molar-refractivity contribution in [2.24, 2.45) is 0 Å². The van der Waals surface area contributed by atoms with Crippen molar-refractivity contribution in [3.8, 4) is 11.6 Å². The zero-order valence-electron chi connectivity index (χ0n) is 10.8. The Balaban J connectivity index is 2.27. The Morgan fingerprint density at radius 2 is 2.05 bits per heavy atom. The first-order valence-electron chi connectivity index (χ1n) is 5.37. The molecule has 0 unspecified atom stereocenters. The highest BCUT2D eigenvalue weighted by molar-refractivity contribution is 5.76. The maximum atomic E-state index is 12.0. The van der Waals surface area contributed by atoms with Gasteiger partial charge in [-0.2, -0.15) is 23.2 Å². The third-order valence-electron chi connectivity index (χ3n) is 2.32. The predicted molar refractivity (Wildman–Crippen MR) is 61.9 cm³/mol. The summed E-state index contributed by atoms with van der Waals surface area (Å²) < 4.78 is 47.1. The smallest absolute Gasteiger partial charge is 0.491 e. The van der Waals surface area contributed by atoms with Crippen LogP contribution in [0.15, 0.2) is 12.3 Å². The van der Waals surface area contributed by atoms with Crippen molar-refractivity contribution >= 4 is 17.4 Å². The normalized spacial score (nSPS) is 11.3. The van der Waals surface area contributed by atoms with Gasteiger partial charge in [-0.25, -0.2) is 9.78 Å². The molecule has 0 aliphatic heterocycles. The van der Waals surface area contributed by atoms with E-state index in [0.717, 1.165) is 4.52 Å². The van der Waals surface area contributed by atoms with E-state index in [-0.39, 0.29) is 11.8 Å². The topological polar surface area (TPSA) is 87.0 Å². The van der Waals surface area contributed by atoms with E-state index in [0.29, 0.717) is 11.3 Å². The number of rotatable bonds is 4. The standard InChI is InChI=1S/C10H9F3N4O4/c1-19-6-3-5-4-14-9(17(5)15-7(6)20-2)16-21-8(18)10(11,12)13/h3-4H,1-2H3,(H,14,16). The van der Waals surface area contributed by atoms with Crippen molar-refractivity contribution in [2.45, 2.75) is 6.18 Å². The number of anilines is 1. The molecule has 21 heavy (non-hydrogen) atoms. The second kappa shape index (κ2) is 5.34. The molecule has 0 radical (unpaired) electrons. The van der Waals surface area contributed by atoms with Crippen LogP contribution < -0.4 is 15.0 Å². The Morgan fingerprint density at radius 3 is 2.62 bits per heavy atom. The first-order valence-corrected chi connectivity index (χ1v) is 5.37. The summed E-state index contributed by atoms with van der Waals surface area (Å²) in [6.07, 6.45) is -3.83. The van der Waals surface area contributed by atoms with Gasteiger partial charge < -0.3 is 14.3 Å². The SMILES string of the molecule is COc1cc2cnc(NOC(=O)C(F)(F)F)n2nc1OC. The Morgan fingerprint density at radius 1 is 1.33 bits per heavy atom. The van der Waals surface area contributed by atoms with Gasteiger partial charge in [0.1, 0.15) is 0 Å². The van der Waals surface area contributed by atoms with Crippen LogP contribution in [0.2, 0.25) is 0 Å². The number of halogens is 3. The molecule has 0 atom stereocenters. The van der Waals surface area contributed by atoms with Gasteiger partial charge in [0.25, 0.3) is 11.8 Å². The van der Waals surface area contributed by atoms with Gasteiger partial charge in [0, 0.05) is 6.07 Å². The fourth-order valence-corrected chi connectivity index (χ4v) is 1.41. The molecule has 2 heterocycles. The zero-order valence-corrected chi connectivity index (χ0v) is 10.8. The number of ether oxygens (including phenoxy) is 2. The van der Waals surface area contributed by atoms with E-state index in [2.05, 4.69) is 14.9 Å². The van der Waals surface area contributed by atoms with Gasteiger partial charge in [-0.05, 0) is 0 Å². The van der Waals surface area contributed by atoms with E-state index in [4.69, 9.17) is 9.47 Å². The minimum atomic E-state index is -5.12. The van der Waals surface area contributed by atoms with Crippen LogP contribution in [0, 0.1) is 0 Å². The van der Waals surface area contributed by atoms with E-state index >= 15 is 0 Å². The molecule has 11 heteroatoms. The predicted octanol–water partition coefficient (Wildman–Crippen LogP) is 1.18. The number of aromatic nitrogens is 3. The molecule has 2 aromatic heterocycles. The molecule has 2 rings (SSSR count). The molecule has 0 aliphatic carbocycles. The van der Waals surface area contributed by atoms with E-state index < -0.39 is 12.1 Å². The third-order valence-corrected chi connectivity index (χ3v) is 2.32. The lowest BCUT2D eigenvalue weighted by Gasteiger charge is -2.09. The Kier molecular flexibility index (Phi) is 3.74. The molecule has 0 saturated carbocycles. The summed E-state index contributed by atoms with van der Waals surface area (Å²) in [5.41, 5.74) is 2.17. The van der Waals surface area contributed by atoms with Gasteiger partial charge >= 0.3 is 12.1 Å². The zero-order chi connectivity index (χ0) is 15.6. The lowest BCUT2D eigenvalue weighted by Crippen LogP contribution is -2.28. The highest BCUT2D eigenvalue weighted by Gasteiger charge is 2.41. The summed E-state index contributed by atoms with van der Waals surface area (Å²) in [5, 5.41) is 3.94. The summed E-state index contributed by atoms with van der Waals surface area (Å²) in [6, 6.07) is 1.50. The summed E-state index contributed by atoms with van der Waals surface area (Å²) in [5.74, 6) is -2.25. The molecule has 0 saturated heterocycles. The van der Waals surface area contributed by atoms with E-state index in [1.54, 1.807) is 5.48 Å². The number of nitrogens with one attached hydrogen (secondary N) is 1. The fourth-order valence-electron chi connectivity index (χ4n) is 1.41. The highest BCUT2D eigenvalue weighted by Crippen LogP contribution is 2.26. The third kappa shape index (κ3) is 2.90. The van der Waals surface area contributed by atoms with Crippen molar-refractivity contribution in [1.82, 2.24) is 14.6 Å². The minimum Gasteiger partial charge on any atom is -0.491 e. The highest BCUT2D eigenvalue weighted by atomic mass is 19.4. The number of fused-ring (bicyclic) bond motifs is 1. The maximum Gasteiger partial charge on any atom is 0.493 e. The lowest BCUT2D eigenvalue weighted by atomic mass is 10.4. The first-order chi connectivity index (χ1) is 9.86. The van der Waals surface area contributed by atoms with Crippen molar-refractivity contribution in [2.75, 3.05) is 19.7 Å². The van der Waals surface area contributed by atoms with Crippen molar-refractivity contribution < 1.29 is 32.3 Å². The van der Waals surface area contributed by atoms with Crippen molar-refractivity contribution in [1.29, 1.82) is 0 Å². The van der Waals surface area contributed by atoms with E-state index in [1.807, 2.05) is 0 Å². The molecule has 2 aromatic rings. The molecule has 0 amide bonds. The van der Waals surface area contributed by atoms with Gasteiger partial charge in [0.05, 0.1) is 25.9 Å². The van der Waals surface area contributed by atoms with Gasteiger partial charge in [-0.15, -0.1) is 5.10 Å². The number of methoxy groups -OCH3 is 2. The van der Waals surface area contributed by atoms with Crippen LogP contribution in [0.4, 0.5) is 19.1 Å². The average molecular weight is 306 g/mol. The second-order valence-corrected chi connectivity index (χ2v) is 3.63. The maximum absolute atomic E-state index is 12.0. The summed E-state index contributed by atoms with van der Waals surface area (Å²) in [7, 11) is 2.74. The monoisotopic (exact) mass is 306 g/mol. The number of hydrogen-bond donors (Lipinski definition) is 1. The van der Waals surface area contributed by atoms with Crippen LogP contribution in [0.5, 0.6) is 11.6 Å². The van der Waals surface area contributed by atoms with Crippen LogP contribution in [0.1, 0.15) is 0 Å². The number of carbonyl (C=O) groups is 1. The van der Waals surface area contributed by atoms with Crippen LogP contribution in [-0.2, 0) is 9.63 Å². The number of imidazole rings is 1. The molecule has 0 aromatic carbocycles. The van der Waals surface area contributed by atoms with E-state index in [9.17, 15) is 18.0 Å². The quantitative estimate of drug-likeness (QED) is 0.849. The van der Waals surface area contributed by atoms with Gasteiger partial charge in [-0.3, -0.25) is 0 Å². The second-order valence-electron chi connectivity index (χ2n) is 3.63. The van der Waals surface area contributed by atoms with Crippen molar-refractivity contribution in [3.05, 3.63) is 12.3 Å². The molecule has 1 N–H and O–H groups in total. The first kappa shape index (κ1) is 14.7. The van der Waals surface area contributed by atoms with Gasteiger partial charge in [0.15, 0.2) is 5.75 Å². The minimum absolute atomic E-state index is 0.0770. The van der Waals surface area contributed by atoms with Gasteiger partial charge in [-0.1, -0.05) is 0 Å². The molecule has 0 aliphatic rings. The van der Waals surface area contributed by atoms with Crippen LogP contribution in [0.25, 0.3) is 5.52 Å². The molecule has 114 valence electrons. The number of hydrogen-bond acceptors (Lipinski definition) is 7. The number of carbonyl (C=O) groups excluding carboxylic acids is 1. The van der Waals surface area contributed by atoms with Crippen molar-refractivity contribution in [3.63, 3.8) is 0 Å². The Hall–Kier alpha value is -2.72. The Labute approximate surface area is 115 Å². The number of nitrogens with zero attached hydrogens (tertiary/aromatic N) is 3. The molecular formula is C10H9F3N4O4. The van der Waals surface area contributed by atoms with Crippen LogP contribution in [-0.4, -0.2) is 41.0 Å². The molecule has 0 fully saturated rings. The van der Waals surface area contributed by atoms with E-state index in [1.165, 1.54) is 26.5 Å². The lowest BCUT2D eigenvalue weighted by molar-refractivity contribution is -0.196. The number of alkyl halides is 3. The Bertz CT molecular complexity index is 670.